The number of amides is 6. The number of fused-ring (bicyclic) bond motifs is 2. The molecule has 10 rings (SSSR count). The van der Waals surface area contributed by atoms with Crippen LogP contribution >= 0.6 is 0 Å². The molecule has 0 spiro atoms. The van der Waals surface area contributed by atoms with E-state index in [4.69, 9.17) is 0 Å². The molecule has 5 heterocycles. The number of rotatable bonds is 15. The third-order valence-corrected chi connectivity index (χ3v) is 14.3. The first-order valence-electron chi connectivity index (χ1n) is 23.8. The van der Waals surface area contributed by atoms with E-state index >= 15 is 0 Å². The first kappa shape index (κ1) is 44.6. The monoisotopic (exact) mass is 920 g/mol. The summed E-state index contributed by atoms with van der Waals surface area (Å²) in [5.41, 5.74) is 5.50. The fourth-order valence-corrected chi connectivity index (χ4v) is 10.4. The second-order valence-corrected chi connectivity index (χ2v) is 18.8. The largest absolute Gasteiger partial charge is 0.376 e. The molecule has 2 saturated carbocycles. The minimum Gasteiger partial charge on any atom is -0.376 e. The molecule has 68 heavy (non-hydrogen) atoms. The number of benzene rings is 3. The molecule has 18 heteroatoms. The van der Waals surface area contributed by atoms with Gasteiger partial charge in [-0.1, -0.05) is 30.3 Å². The number of nitrogens with zero attached hydrogens (tertiary/aromatic N) is 7. The Kier molecular flexibility index (Phi) is 12.8. The summed E-state index contributed by atoms with van der Waals surface area (Å²) in [6, 6.07) is 22.3. The molecule has 0 radical (unpaired) electrons. The predicted octanol–water partition coefficient (Wildman–Crippen LogP) is 4.19. The van der Waals surface area contributed by atoms with E-state index in [0.717, 1.165) is 93.0 Å². The standard InChI is InChI=1S/C50H56N12O6/c63-42-17-16-41(48(66)58-42)62-49(67)39-15-12-35(25-40(39)50(62)68)51-27-44(65)52-26-32-6-8-33(9-7-32)28-59-18-20-60(21-19-59)37-13-10-34(11-14-37)57-46-45-47(54-29-53-46)61(30-55-45)38-23-36(24-38)56-43(64)22-31-4-2-1-3-5-31/h1-5,10-15,25,29-30,32-33,36,38,41,51H,6-9,16-24,26-28H2,(H,52,65)(H,56,64)(H,53,54,57)(H,58,63,66). The summed E-state index contributed by atoms with van der Waals surface area (Å²) in [7, 11) is 0. The molecular weight excluding hydrogens is 865 g/mol. The van der Waals surface area contributed by atoms with Gasteiger partial charge in [0, 0.05) is 74.8 Å². The summed E-state index contributed by atoms with van der Waals surface area (Å²) in [5, 5.41) is 14.9. The number of carbonyl (C=O) groups is 6. The van der Waals surface area contributed by atoms with Crippen molar-refractivity contribution in [3.8, 4) is 0 Å². The van der Waals surface area contributed by atoms with Gasteiger partial charge in [0.2, 0.25) is 23.6 Å². The molecule has 5 aromatic rings. The van der Waals surface area contributed by atoms with Gasteiger partial charge in [-0.3, -0.25) is 43.9 Å². The third kappa shape index (κ3) is 9.77. The van der Waals surface area contributed by atoms with Crippen molar-refractivity contribution < 1.29 is 28.8 Å². The Morgan fingerprint density at radius 3 is 2.25 bits per heavy atom. The van der Waals surface area contributed by atoms with Crippen LogP contribution in [0.25, 0.3) is 11.2 Å². The van der Waals surface area contributed by atoms with E-state index in [1.165, 1.54) is 17.8 Å². The van der Waals surface area contributed by atoms with Crippen molar-refractivity contribution in [2.45, 2.75) is 75.9 Å². The number of carbonyl (C=O) groups excluding carboxylic acids is 6. The van der Waals surface area contributed by atoms with Gasteiger partial charge in [0.15, 0.2) is 17.0 Å². The van der Waals surface area contributed by atoms with E-state index in [0.29, 0.717) is 41.8 Å². The third-order valence-electron chi connectivity index (χ3n) is 14.3. The Morgan fingerprint density at radius 2 is 1.49 bits per heavy atom. The van der Waals surface area contributed by atoms with E-state index in [2.05, 4.69) is 80.2 Å². The van der Waals surface area contributed by atoms with Crippen LogP contribution in [0.5, 0.6) is 0 Å². The van der Waals surface area contributed by atoms with Crippen molar-refractivity contribution in [2.75, 3.05) is 61.3 Å². The number of imidazole rings is 1. The Hall–Kier alpha value is -7.21. The topological polar surface area (TPSA) is 216 Å². The lowest BCUT2D eigenvalue weighted by Crippen LogP contribution is -2.54. The van der Waals surface area contributed by atoms with Gasteiger partial charge < -0.3 is 30.7 Å². The number of piperidine rings is 1. The normalized spacial score (nSPS) is 22.9. The number of imide groups is 2. The second kappa shape index (κ2) is 19.6. The maximum absolute atomic E-state index is 13.2. The zero-order chi connectivity index (χ0) is 46.7. The number of anilines is 4. The van der Waals surface area contributed by atoms with E-state index in [1.807, 2.05) is 36.7 Å². The Balaban J connectivity index is 0.618. The van der Waals surface area contributed by atoms with Gasteiger partial charge >= 0.3 is 0 Å². The highest BCUT2D eigenvalue weighted by Gasteiger charge is 2.44. The van der Waals surface area contributed by atoms with Gasteiger partial charge in [-0.05, 0) is 105 Å². The Bertz CT molecular complexity index is 2710. The van der Waals surface area contributed by atoms with Crippen LogP contribution in [0, 0.1) is 11.8 Å². The predicted molar refractivity (Wildman–Crippen MR) is 254 cm³/mol. The molecule has 5 N–H and O–H groups in total. The van der Waals surface area contributed by atoms with Crippen LogP contribution in [0.4, 0.5) is 22.9 Å². The molecule has 1 atom stereocenters. The molecule has 6 amide bonds. The molecule has 5 aliphatic rings. The molecule has 18 nitrogen and oxygen atoms in total. The zero-order valence-electron chi connectivity index (χ0n) is 37.9. The quantitative estimate of drug-likeness (QED) is 0.0933. The van der Waals surface area contributed by atoms with Crippen LogP contribution < -0.4 is 31.5 Å². The number of hydrogen-bond acceptors (Lipinski definition) is 13. The zero-order valence-corrected chi connectivity index (χ0v) is 37.9. The lowest BCUT2D eigenvalue weighted by atomic mass is 9.81. The van der Waals surface area contributed by atoms with Crippen molar-refractivity contribution >= 4 is 69.5 Å². The van der Waals surface area contributed by atoms with Gasteiger partial charge in [0.25, 0.3) is 11.8 Å². The molecule has 2 saturated heterocycles. The summed E-state index contributed by atoms with van der Waals surface area (Å²) in [6.07, 6.45) is 10.0. The second-order valence-electron chi connectivity index (χ2n) is 18.8. The van der Waals surface area contributed by atoms with Crippen LogP contribution in [0.3, 0.4) is 0 Å². The molecule has 2 aromatic heterocycles. The highest BCUT2D eigenvalue weighted by molar-refractivity contribution is 6.23. The summed E-state index contributed by atoms with van der Waals surface area (Å²) < 4.78 is 2.10. The Morgan fingerprint density at radius 1 is 0.750 bits per heavy atom. The van der Waals surface area contributed by atoms with Gasteiger partial charge in [0.05, 0.1) is 30.4 Å². The minimum atomic E-state index is -1.03. The van der Waals surface area contributed by atoms with Crippen molar-refractivity contribution in [2.24, 2.45) is 11.8 Å². The first-order valence-corrected chi connectivity index (χ1v) is 23.8. The highest BCUT2D eigenvalue weighted by atomic mass is 16.2. The van der Waals surface area contributed by atoms with Gasteiger partial charge in [-0.15, -0.1) is 0 Å². The maximum Gasteiger partial charge on any atom is 0.262 e. The van der Waals surface area contributed by atoms with Crippen molar-refractivity contribution in [1.82, 2.24) is 45.3 Å². The van der Waals surface area contributed by atoms with E-state index in [1.54, 1.807) is 12.4 Å². The van der Waals surface area contributed by atoms with Crippen LogP contribution in [-0.4, -0.2) is 123 Å². The lowest BCUT2D eigenvalue weighted by molar-refractivity contribution is -0.136. The fraction of sp³-hybridized carbons (Fsp3) is 0.420. The van der Waals surface area contributed by atoms with E-state index in [9.17, 15) is 28.8 Å². The van der Waals surface area contributed by atoms with Crippen molar-refractivity contribution in [3.63, 3.8) is 0 Å². The lowest BCUT2D eigenvalue weighted by Gasteiger charge is -2.39. The number of aromatic nitrogens is 4. The number of nitrogens with one attached hydrogen (secondary N) is 5. The average molecular weight is 921 g/mol. The van der Waals surface area contributed by atoms with E-state index < -0.39 is 29.7 Å². The van der Waals surface area contributed by atoms with Crippen LogP contribution in [0.1, 0.15) is 83.7 Å². The van der Waals surface area contributed by atoms with Crippen LogP contribution in [-0.2, 0) is 25.6 Å². The number of hydrogen-bond donors (Lipinski definition) is 5. The summed E-state index contributed by atoms with van der Waals surface area (Å²) in [4.78, 5) is 95.2. The molecule has 3 aromatic carbocycles. The molecule has 4 fully saturated rings. The maximum atomic E-state index is 13.2. The molecule has 2 aliphatic carbocycles. The fourth-order valence-electron chi connectivity index (χ4n) is 10.4. The van der Waals surface area contributed by atoms with Gasteiger partial charge in [-0.25, -0.2) is 15.0 Å². The molecule has 3 aliphatic heterocycles. The van der Waals surface area contributed by atoms with Gasteiger partial charge in [-0.2, -0.15) is 0 Å². The molecular formula is C50H56N12O6. The summed E-state index contributed by atoms with van der Waals surface area (Å²) >= 11 is 0. The summed E-state index contributed by atoms with van der Waals surface area (Å²) in [5.74, 6) is -0.605. The smallest absolute Gasteiger partial charge is 0.262 e. The SMILES string of the molecule is O=C(CNc1ccc2c(c1)C(=O)N(C1CCC(=O)NC1=O)C2=O)NCC1CCC(CN2CCN(c3ccc(Nc4ncnc5c4ncn5C4CC(NC(=O)Cc5ccccc5)C4)cc3)CC2)CC1. The summed E-state index contributed by atoms with van der Waals surface area (Å²) in [6.45, 7) is 5.68. The first-order chi connectivity index (χ1) is 33.1. The van der Waals surface area contributed by atoms with Crippen LogP contribution in [0.2, 0.25) is 0 Å². The van der Waals surface area contributed by atoms with Gasteiger partial charge in [0.1, 0.15) is 12.4 Å². The van der Waals surface area contributed by atoms with Crippen molar-refractivity contribution in [3.05, 3.63) is 102 Å². The molecule has 0 bridgehead atoms. The van der Waals surface area contributed by atoms with E-state index in [-0.39, 0.29) is 54.4 Å². The highest BCUT2D eigenvalue weighted by Crippen LogP contribution is 2.36. The Labute approximate surface area is 393 Å². The van der Waals surface area contributed by atoms with Crippen molar-refractivity contribution in [1.29, 1.82) is 0 Å². The molecule has 352 valence electrons. The van der Waals surface area contributed by atoms with Crippen LogP contribution in [0.15, 0.2) is 85.5 Å². The average Bonchev–Trinajstić information content (AvgIpc) is 3.87. The minimum absolute atomic E-state index is 0.0161. The molecule has 1 unspecified atom stereocenters. The number of piperazine rings is 1.